The zero-order valence-electron chi connectivity index (χ0n) is 19.1. The number of aliphatic hydroxyl groups excluding tert-OH is 1. The largest absolute Gasteiger partial charge is 0.393 e. The van der Waals surface area contributed by atoms with Crippen LogP contribution in [0.3, 0.4) is 0 Å². The van der Waals surface area contributed by atoms with Crippen molar-refractivity contribution in [3.63, 3.8) is 0 Å². The van der Waals surface area contributed by atoms with Crippen molar-refractivity contribution in [2.75, 3.05) is 20.1 Å². The number of likely N-dealkylation sites (tertiary alicyclic amines) is 1. The molecule has 1 saturated heterocycles. The molecular weight excluding hydrogens is 390 g/mol. The van der Waals surface area contributed by atoms with Crippen molar-refractivity contribution in [1.29, 1.82) is 0 Å². The molecule has 7 heteroatoms. The summed E-state index contributed by atoms with van der Waals surface area (Å²) in [4.78, 5) is 6.71. The van der Waals surface area contributed by atoms with Crippen LogP contribution in [0.1, 0.15) is 68.0 Å². The standard InChI is InChI=1S/C24H37N5O2/c1-4-20(5-2)23-14-22(31-28-23)16-27-24(25-3)26-15-18-6-8-19(9-7-18)17-29-12-10-21(30)11-13-29/h6-9,14,20-21,30H,4-5,10-13,15-17H2,1-3H3,(H2,25,26,27). The number of hydrogen-bond acceptors (Lipinski definition) is 5. The number of aliphatic imine (C=N–C) groups is 1. The summed E-state index contributed by atoms with van der Waals surface area (Å²) in [7, 11) is 1.77. The molecule has 3 rings (SSSR count). The van der Waals surface area contributed by atoms with Gasteiger partial charge in [-0.2, -0.15) is 0 Å². The molecule has 3 N–H and O–H groups in total. The molecule has 0 spiro atoms. The molecule has 0 amide bonds. The van der Waals surface area contributed by atoms with Crippen LogP contribution in [-0.2, 0) is 19.6 Å². The number of aromatic nitrogens is 1. The Labute approximate surface area is 185 Å². The van der Waals surface area contributed by atoms with Gasteiger partial charge in [-0.1, -0.05) is 43.3 Å². The number of aliphatic hydroxyl groups is 1. The monoisotopic (exact) mass is 427 g/mol. The molecule has 1 fully saturated rings. The number of nitrogens with zero attached hydrogens (tertiary/aromatic N) is 3. The number of rotatable bonds is 9. The average molecular weight is 428 g/mol. The Kier molecular flexibility index (Phi) is 8.91. The van der Waals surface area contributed by atoms with E-state index in [2.05, 4.69) is 63.8 Å². The lowest BCUT2D eigenvalue weighted by atomic mass is 9.99. The molecule has 0 bridgehead atoms. The smallest absolute Gasteiger partial charge is 0.191 e. The molecular formula is C24H37N5O2. The molecule has 1 aliphatic heterocycles. The molecule has 170 valence electrons. The van der Waals surface area contributed by atoms with E-state index in [0.717, 1.165) is 62.7 Å². The van der Waals surface area contributed by atoms with Crippen LogP contribution in [0.2, 0.25) is 0 Å². The molecule has 2 heterocycles. The highest BCUT2D eigenvalue weighted by molar-refractivity contribution is 5.79. The minimum Gasteiger partial charge on any atom is -0.393 e. The highest BCUT2D eigenvalue weighted by atomic mass is 16.5. The van der Waals surface area contributed by atoms with E-state index in [0.29, 0.717) is 19.0 Å². The summed E-state index contributed by atoms with van der Waals surface area (Å²) in [5, 5.41) is 20.5. The van der Waals surface area contributed by atoms with Crippen molar-refractivity contribution in [2.24, 2.45) is 4.99 Å². The fourth-order valence-electron chi connectivity index (χ4n) is 3.99. The van der Waals surface area contributed by atoms with E-state index in [1.54, 1.807) is 7.05 Å². The van der Waals surface area contributed by atoms with Gasteiger partial charge in [-0.05, 0) is 36.8 Å². The first kappa shape index (κ1) is 23.3. The number of guanidine groups is 1. The number of benzene rings is 1. The first-order chi connectivity index (χ1) is 15.1. The lowest BCUT2D eigenvalue weighted by Gasteiger charge is -2.29. The van der Waals surface area contributed by atoms with E-state index in [4.69, 9.17) is 4.52 Å². The van der Waals surface area contributed by atoms with Gasteiger partial charge >= 0.3 is 0 Å². The maximum absolute atomic E-state index is 9.64. The predicted molar refractivity (Wildman–Crippen MR) is 124 cm³/mol. The fourth-order valence-corrected chi connectivity index (χ4v) is 3.99. The lowest BCUT2D eigenvalue weighted by molar-refractivity contribution is 0.0792. The Morgan fingerprint density at radius 2 is 1.77 bits per heavy atom. The summed E-state index contributed by atoms with van der Waals surface area (Å²) in [6.07, 6.45) is 3.77. The Morgan fingerprint density at radius 3 is 2.42 bits per heavy atom. The minimum absolute atomic E-state index is 0.122. The maximum atomic E-state index is 9.64. The van der Waals surface area contributed by atoms with Gasteiger partial charge in [0.15, 0.2) is 11.7 Å². The third kappa shape index (κ3) is 7.08. The summed E-state index contributed by atoms with van der Waals surface area (Å²) < 4.78 is 5.48. The van der Waals surface area contributed by atoms with Crippen LogP contribution < -0.4 is 10.6 Å². The third-order valence-electron chi connectivity index (χ3n) is 6.08. The Balaban J connectivity index is 1.43. The van der Waals surface area contributed by atoms with Gasteiger partial charge < -0.3 is 20.3 Å². The second kappa shape index (κ2) is 11.9. The molecule has 0 radical (unpaired) electrons. The highest BCUT2D eigenvalue weighted by Gasteiger charge is 2.17. The molecule has 2 aromatic rings. The van der Waals surface area contributed by atoms with Crippen LogP contribution in [-0.4, -0.2) is 47.4 Å². The van der Waals surface area contributed by atoms with Gasteiger partial charge in [0.2, 0.25) is 0 Å². The van der Waals surface area contributed by atoms with E-state index in [1.165, 1.54) is 11.1 Å². The topological polar surface area (TPSA) is 85.9 Å². The van der Waals surface area contributed by atoms with E-state index in [-0.39, 0.29) is 6.10 Å². The van der Waals surface area contributed by atoms with E-state index < -0.39 is 0 Å². The van der Waals surface area contributed by atoms with Crippen molar-refractivity contribution < 1.29 is 9.63 Å². The van der Waals surface area contributed by atoms with Crippen molar-refractivity contribution in [3.05, 3.63) is 52.9 Å². The van der Waals surface area contributed by atoms with Gasteiger partial charge in [0.05, 0.1) is 18.3 Å². The van der Waals surface area contributed by atoms with Crippen LogP contribution in [0.25, 0.3) is 0 Å². The van der Waals surface area contributed by atoms with Crippen LogP contribution in [0.4, 0.5) is 0 Å². The van der Waals surface area contributed by atoms with E-state index in [9.17, 15) is 5.11 Å². The average Bonchev–Trinajstić information content (AvgIpc) is 3.26. The second-order valence-electron chi connectivity index (χ2n) is 8.33. The van der Waals surface area contributed by atoms with E-state index in [1.807, 2.05) is 6.07 Å². The Morgan fingerprint density at radius 1 is 1.13 bits per heavy atom. The first-order valence-corrected chi connectivity index (χ1v) is 11.5. The molecule has 0 atom stereocenters. The third-order valence-corrected chi connectivity index (χ3v) is 6.08. The Hall–Kier alpha value is -2.38. The normalized spacial score (nSPS) is 16.1. The first-order valence-electron chi connectivity index (χ1n) is 11.5. The maximum Gasteiger partial charge on any atom is 0.191 e. The summed E-state index contributed by atoms with van der Waals surface area (Å²) in [5.41, 5.74) is 3.54. The van der Waals surface area contributed by atoms with Gasteiger partial charge in [-0.25, -0.2) is 0 Å². The van der Waals surface area contributed by atoms with Crippen LogP contribution >= 0.6 is 0 Å². The summed E-state index contributed by atoms with van der Waals surface area (Å²) in [5.74, 6) is 2.01. The van der Waals surface area contributed by atoms with Gasteiger partial charge in [-0.15, -0.1) is 0 Å². The van der Waals surface area contributed by atoms with Crippen molar-refractivity contribution in [3.8, 4) is 0 Å². The predicted octanol–water partition coefficient (Wildman–Crippen LogP) is 3.40. The zero-order chi connectivity index (χ0) is 22.1. The van der Waals surface area contributed by atoms with Crippen LogP contribution in [0.5, 0.6) is 0 Å². The number of nitrogens with one attached hydrogen (secondary N) is 2. The molecule has 0 unspecified atom stereocenters. The fraction of sp³-hybridized carbons (Fsp3) is 0.583. The number of piperidine rings is 1. The number of hydrogen-bond donors (Lipinski definition) is 3. The molecule has 7 nitrogen and oxygen atoms in total. The molecule has 1 aromatic carbocycles. The minimum atomic E-state index is -0.122. The molecule has 0 aliphatic carbocycles. The molecule has 31 heavy (non-hydrogen) atoms. The van der Waals surface area contributed by atoms with E-state index >= 15 is 0 Å². The van der Waals surface area contributed by atoms with Gasteiger partial charge in [0, 0.05) is 45.2 Å². The molecule has 0 saturated carbocycles. The second-order valence-corrected chi connectivity index (χ2v) is 8.33. The van der Waals surface area contributed by atoms with Crippen molar-refractivity contribution in [1.82, 2.24) is 20.7 Å². The zero-order valence-corrected chi connectivity index (χ0v) is 19.1. The summed E-state index contributed by atoms with van der Waals surface area (Å²) in [6, 6.07) is 10.7. The molecule has 1 aromatic heterocycles. The lowest BCUT2D eigenvalue weighted by Crippen LogP contribution is -2.36. The Bertz CT molecular complexity index is 806. The highest BCUT2D eigenvalue weighted by Crippen LogP contribution is 2.22. The summed E-state index contributed by atoms with van der Waals surface area (Å²) in [6.45, 7) is 8.49. The van der Waals surface area contributed by atoms with Gasteiger partial charge in [0.1, 0.15) is 0 Å². The van der Waals surface area contributed by atoms with Crippen molar-refractivity contribution in [2.45, 2.75) is 71.2 Å². The molecule has 1 aliphatic rings. The summed E-state index contributed by atoms with van der Waals surface area (Å²) >= 11 is 0. The SMILES string of the molecule is CCC(CC)c1cc(CNC(=NC)NCc2ccc(CN3CCC(O)CC3)cc2)on1. The van der Waals surface area contributed by atoms with Gasteiger partial charge in [0.25, 0.3) is 0 Å². The van der Waals surface area contributed by atoms with Crippen LogP contribution in [0.15, 0.2) is 39.8 Å². The van der Waals surface area contributed by atoms with Crippen LogP contribution in [0, 0.1) is 0 Å². The quantitative estimate of drug-likeness (QED) is 0.420. The van der Waals surface area contributed by atoms with Crippen molar-refractivity contribution >= 4 is 5.96 Å². The van der Waals surface area contributed by atoms with Gasteiger partial charge in [-0.3, -0.25) is 9.89 Å².